The fourth-order valence-corrected chi connectivity index (χ4v) is 1.93. The predicted octanol–water partition coefficient (Wildman–Crippen LogP) is 5.19. The molecule has 0 unspecified atom stereocenters. The molecule has 0 aliphatic heterocycles. The van der Waals surface area contributed by atoms with E-state index in [9.17, 15) is 4.79 Å². The molecule has 0 aromatic rings. The SMILES string of the molecule is C=CCCCCCCCCC=CCCC(=O)OCC. The Morgan fingerprint density at radius 3 is 2.16 bits per heavy atom. The van der Waals surface area contributed by atoms with Crippen LogP contribution in [0.15, 0.2) is 24.8 Å². The molecule has 0 aromatic heterocycles. The molecular formula is C17H30O2. The fourth-order valence-electron chi connectivity index (χ4n) is 1.93. The van der Waals surface area contributed by atoms with Crippen LogP contribution in [-0.2, 0) is 9.53 Å². The van der Waals surface area contributed by atoms with Crippen molar-refractivity contribution in [1.82, 2.24) is 0 Å². The second kappa shape index (κ2) is 15.0. The molecule has 110 valence electrons. The molecule has 0 radical (unpaired) electrons. The second-order valence-electron chi connectivity index (χ2n) is 4.80. The van der Waals surface area contributed by atoms with Crippen molar-refractivity contribution in [2.45, 2.75) is 71.1 Å². The third-order valence-corrected chi connectivity index (χ3v) is 3.02. The molecule has 0 rings (SSSR count). The highest BCUT2D eigenvalue weighted by atomic mass is 16.5. The molecule has 0 bridgehead atoms. The van der Waals surface area contributed by atoms with Crippen LogP contribution >= 0.6 is 0 Å². The van der Waals surface area contributed by atoms with Crippen molar-refractivity contribution < 1.29 is 9.53 Å². The summed E-state index contributed by atoms with van der Waals surface area (Å²) in [6, 6.07) is 0. The van der Waals surface area contributed by atoms with Gasteiger partial charge in [0.25, 0.3) is 0 Å². The average molecular weight is 266 g/mol. The van der Waals surface area contributed by atoms with Crippen LogP contribution in [0.3, 0.4) is 0 Å². The highest BCUT2D eigenvalue weighted by Gasteiger charge is 1.97. The summed E-state index contributed by atoms with van der Waals surface area (Å²) < 4.78 is 4.86. The van der Waals surface area contributed by atoms with Gasteiger partial charge in [0.15, 0.2) is 0 Å². The third kappa shape index (κ3) is 14.9. The van der Waals surface area contributed by atoms with E-state index in [1.165, 1.54) is 38.5 Å². The summed E-state index contributed by atoms with van der Waals surface area (Å²) in [5, 5.41) is 0. The minimum atomic E-state index is -0.0910. The largest absolute Gasteiger partial charge is 0.466 e. The van der Waals surface area contributed by atoms with Crippen molar-refractivity contribution >= 4 is 5.97 Å². The van der Waals surface area contributed by atoms with Gasteiger partial charge in [0, 0.05) is 6.42 Å². The molecule has 0 saturated carbocycles. The Kier molecular flexibility index (Phi) is 14.2. The van der Waals surface area contributed by atoms with Crippen molar-refractivity contribution in [3.8, 4) is 0 Å². The first-order valence-electron chi connectivity index (χ1n) is 7.72. The number of unbranched alkanes of at least 4 members (excludes halogenated alkanes) is 7. The number of allylic oxidation sites excluding steroid dienone is 3. The standard InChI is InChI=1S/C17H30O2/c1-3-5-6-7-8-9-10-11-12-13-14-15-16-17(18)19-4-2/h3,13-14H,1,4-12,15-16H2,2H3. The number of esters is 1. The Bertz CT molecular complexity index is 244. The number of carbonyl (C=O) groups is 1. The molecule has 0 amide bonds. The zero-order chi connectivity index (χ0) is 14.2. The van der Waals surface area contributed by atoms with E-state index >= 15 is 0 Å². The predicted molar refractivity (Wildman–Crippen MR) is 82.1 cm³/mol. The second-order valence-corrected chi connectivity index (χ2v) is 4.80. The van der Waals surface area contributed by atoms with Gasteiger partial charge in [-0.05, 0) is 39.0 Å². The Morgan fingerprint density at radius 2 is 1.53 bits per heavy atom. The molecule has 0 spiro atoms. The lowest BCUT2D eigenvalue weighted by Crippen LogP contribution is -2.02. The van der Waals surface area contributed by atoms with Gasteiger partial charge in [-0.25, -0.2) is 0 Å². The highest BCUT2D eigenvalue weighted by molar-refractivity contribution is 5.69. The number of hydrogen-bond acceptors (Lipinski definition) is 2. The van der Waals surface area contributed by atoms with Crippen LogP contribution in [0.25, 0.3) is 0 Å². The lowest BCUT2D eigenvalue weighted by molar-refractivity contribution is -0.142. The monoisotopic (exact) mass is 266 g/mol. The average Bonchev–Trinajstić information content (AvgIpc) is 2.40. The number of rotatable bonds is 13. The topological polar surface area (TPSA) is 26.3 Å². The van der Waals surface area contributed by atoms with Crippen molar-refractivity contribution in [3.05, 3.63) is 24.8 Å². The Hall–Kier alpha value is -1.05. The van der Waals surface area contributed by atoms with Crippen LogP contribution < -0.4 is 0 Å². The maximum atomic E-state index is 11.1. The fraction of sp³-hybridized carbons (Fsp3) is 0.706. The maximum Gasteiger partial charge on any atom is 0.306 e. The van der Waals surface area contributed by atoms with Crippen molar-refractivity contribution in [2.24, 2.45) is 0 Å². The molecule has 0 heterocycles. The van der Waals surface area contributed by atoms with Gasteiger partial charge in [0.1, 0.15) is 0 Å². The van der Waals surface area contributed by atoms with E-state index in [0.717, 1.165) is 19.3 Å². The molecule has 0 aliphatic rings. The number of carbonyl (C=O) groups excluding carboxylic acids is 1. The van der Waals surface area contributed by atoms with Crippen molar-refractivity contribution in [1.29, 1.82) is 0 Å². The highest BCUT2D eigenvalue weighted by Crippen LogP contribution is 2.09. The zero-order valence-corrected chi connectivity index (χ0v) is 12.5. The zero-order valence-electron chi connectivity index (χ0n) is 12.5. The van der Waals surface area contributed by atoms with E-state index in [2.05, 4.69) is 18.7 Å². The maximum absolute atomic E-state index is 11.1. The van der Waals surface area contributed by atoms with Crippen molar-refractivity contribution in [2.75, 3.05) is 6.61 Å². The quantitative estimate of drug-likeness (QED) is 0.260. The first-order valence-corrected chi connectivity index (χ1v) is 7.72. The lowest BCUT2D eigenvalue weighted by Gasteiger charge is -1.99. The molecule has 0 aromatic carbocycles. The van der Waals surface area contributed by atoms with E-state index in [1.807, 2.05) is 13.0 Å². The van der Waals surface area contributed by atoms with Crippen LogP contribution in [0.2, 0.25) is 0 Å². The number of ether oxygens (including phenoxy) is 1. The molecular weight excluding hydrogens is 236 g/mol. The van der Waals surface area contributed by atoms with E-state index < -0.39 is 0 Å². The molecule has 0 atom stereocenters. The third-order valence-electron chi connectivity index (χ3n) is 3.02. The van der Waals surface area contributed by atoms with Gasteiger partial charge in [-0.3, -0.25) is 4.79 Å². The summed E-state index contributed by atoms with van der Waals surface area (Å²) in [6.45, 7) is 6.05. The van der Waals surface area contributed by atoms with Gasteiger partial charge >= 0.3 is 5.97 Å². The lowest BCUT2D eigenvalue weighted by atomic mass is 10.1. The normalized spacial score (nSPS) is 10.8. The summed E-state index contributed by atoms with van der Waals surface area (Å²) in [6.07, 6.45) is 17.8. The van der Waals surface area contributed by atoms with Crippen LogP contribution in [0.5, 0.6) is 0 Å². The molecule has 2 heteroatoms. The summed E-state index contributed by atoms with van der Waals surface area (Å²) >= 11 is 0. The van der Waals surface area contributed by atoms with E-state index in [0.29, 0.717) is 13.0 Å². The summed E-state index contributed by atoms with van der Waals surface area (Å²) in [5.41, 5.74) is 0. The van der Waals surface area contributed by atoms with Crippen LogP contribution in [0, 0.1) is 0 Å². The minimum absolute atomic E-state index is 0.0910. The summed E-state index contributed by atoms with van der Waals surface area (Å²) in [5.74, 6) is -0.0910. The molecule has 0 aliphatic carbocycles. The first kappa shape index (κ1) is 17.9. The first-order chi connectivity index (χ1) is 9.31. The van der Waals surface area contributed by atoms with Gasteiger partial charge in [0.05, 0.1) is 6.61 Å². The molecule has 2 nitrogen and oxygen atoms in total. The van der Waals surface area contributed by atoms with Gasteiger partial charge in [0.2, 0.25) is 0 Å². The summed E-state index contributed by atoms with van der Waals surface area (Å²) in [4.78, 5) is 11.1. The Morgan fingerprint density at radius 1 is 0.947 bits per heavy atom. The van der Waals surface area contributed by atoms with Gasteiger partial charge in [-0.2, -0.15) is 0 Å². The molecule has 0 fully saturated rings. The van der Waals surface area contributed by atoms with Gasteiger partial charge in [-0.1, -0.05) is 43.9 Å². The van der Waals surface area contributed by atoms with Crippen LogP contribution in [-0.4, -0.2) is 12.6 Å². The smallest absolute Gasteiger partial charge is 0.306 e. The number of hydrogen-bond donors (Lipinski definition) is 0. The molecule has 0 saturated heterocycles. The summed E-state index contributed by atoms with van der Waals surface area (Å²) in [7, 11) is 0. The van der Waals surface area contributed by atoms with E-state index in [-0.39, 0.29) is 5.97 Å². The van der Waals surface area contributed by atoms with Crippen molar-refractivity contribution in [3.63, 3.8) is 0 Å². The van der Waals surface area contributed by atoms with Crippen LogP contribution in [0.4, 0.5) is 0 Å². The molecule has 19 heavy (non-hydrogen) atoms. The van der Waals surface area contributed by atoms with Crippen LogP contribution in [0.1, 0.15) is 71.1 Å². The Balaban J connectivity index is 3.16. The minimum Gasteiger partial charge on any atom is -0.466 e. The van der Waals surface area contributed by atoms with E-state index in [1.54, 1.807) is 0 Å². The van der Waals surface area contributed by atoms with Gasteiger partial charge in [-0.15, -0.1) is 6.58 Å². The van der Waals surface area contributed by atoms with E-state index in [4.69, 9.17) is 4.74 Å². The van der Waals surface area contributed by atoms with Gasteiger partial charge < -0.3 is 4.74 Å². The Labute approximate surface area is 118 Å². The molecule has 0 N–H and O–H groups in total.